The molecule has 2 aromatic carbocycles. The zero-order valence-corrected chi connectivity index (χ0v) is 19.6. The van der Waals surface area contributed by atoms with Gasteiger partial charge in [0.05, 0.1) is 17.0 Å². The van der Waals surface area contributed by atoms with Crippen LogP contribution in [0.4, 0.5) is 11.5 Å². The second kappa shape index (κ2) is 11.5. The molecule has 164 valence electrons. The van der Waals surface area contributed by atoms with Crippen LogP contribution in [-0.4, -0.2) is 21.6 Å². The highest BCUT2D eigenvalue weighted by Crippen LogP contribution is 2.37. The van der Waals surface area contributed by atoms with Crippen LogP contribution >= 0.6 is 23.4 Å². The zero-order chi connectivity index (χ0) is 22.9. The average Bonchev–Trinajstić information content (AvgIpc) is 2.82. The number of halogens is 1. The van der Waals surface area contributed by atoms with Crippen molar-refractivity contribution >= 4 is 40.8 Å². The fourth-order valence-corrected chi connectivity index (χ4v) is 4.44. The molecule has 0 saturated heterocycles. The summed E-state index contributed by atoms with van der Waals surface area (Å²) in [5, 5.41) is 14.7. The molecule has 0 saturated carbocycles. The number of carbonyl (C=O) groups excluding carboxylic acids is 1. The third-order valence-electron chi connectivity index (χ3n) is 4.60. The van der Waals surface area contributed by atoms with Crippen LogP contribution in [0.25, 0.3) is 11.4 Å². The first-order chi connectivity index (χ1) is 15.6. The molecule has 0 unspecified atom stereocenters. The maximum atomic E-state index is 11.6. The van der Waals surface area contributed by atoms with Gasteiger partial charge in [-0.1, -0.05) is 49.7 Å². The van der Waals surface area contributed by atoms with E-state index in [-0.39, 0.29) is 12.3 Å². The van der Waals surface area contributed by atoms with Gasteiger partial charge in [0.15, 0.2) is 12.0 Å². The monoisotopic (exact) mass is 465 g/mol. The van der Waals surface area contributed by atoms with Crippen LogP contribution in [0.1, 0.15) is 31.5 Å². The molecular weight excluding hydrogens is 442 g/mol. The van der Waals surface area contributed by atoms with Crippen molar-refractivity contribution in [1.82, 2.24) is 15.3 Å². The van der Waals surface area contributed by atoms with E-state index in [0.717, 1.165) is 51.8 Å². The minimum Gasteiger partial charge on any atom is -0.339 e. The third-order valence-corrected chi connectivity index (χ3v) is 6.05. The minimum absolute atomic E-state index is 0.158. The number of nitrogens with one attached hydrogen (secondary N) is 2. The molecule has 1 aliphatic rings. The summed E-state index contributed by atoms with van der Waals surface area (Å²) < 4.78 is 0. The zero-order valence-electron chi connectivity index (χ0n) is 18.0. The largest absolute Gasteiger partial charge is 0.339 e. The summed E-state index contributed by atoms with van der Waals surface area (Å²) in [5.41, 5.74) is 3.61. The second-order valence-electron chi connectivity index (χ2n) is 6.79. The lowest BCUT2D eigenvalue weighted by Gasteiger charge is -2.19. The highest BCUT2D eigenvalue weighted by molar-refractivity contribution is 7.99. The van der Waals surface area contributed by atoms with E-state index in [2.05, 4.69) is 10.6 Å². The van der Waals surface area contributed by atoms with Crippen LogP contribution < -0.4 is 10.6 Å². The number of benzene rings is 2. The van der Waals surface area contributed by atoms with Crippen molar-refractivity contribution in [2.75, 3.05) is 11.1 Å². The maximum Gasteiger partial charge on any atom is 0.237 e. The van der Waals surface area contributed by atoms with E-state index >= 15 is 0 Å². The molecular formula is C24H24ClN5OS. The van der Waals surface area contributed by atoms with Gasteiger partial charge in [0.25, 0.3) is 0 Å². The Morgan fingerprint density at radius 2 is 1.97 bits per heavy atom. The lowest BCUT2D eigenvalue weighted by atomic mass is 10.1. The first-order valence-corrected chi connectivity index (χ1v) is 11.8. The van der Waals surface area contributed by atoms with E-state index in [4.69, 9.17) is 26.8 Å². The van der Waals surface area contributed by atoms with Crippen LogP contribution in [0, 0.1) is 11.5 Å². The number of amides is 1. The first kappa shape index (κ1) is 23.6. The normalized spacial score (nSPS) is 11.9. The van der Waals surface area contributed by atoms with Crippen LogP contribution in [0.2, 0.25) is 5.02 Å². The number of carbonyl (C=O) groups is 1. The summed E-state index contributed by atoms with van der Waals surface area (Å²) in [7, 11) is 0. The van der Waals surface area contributed by atoms with Gasteiger partial charge in [0.1, 0.15) is 5.82 Å². The Hall–Kier alpha value is -3.08. The molecule has 0 bridgehead atoms. The van der Waals surface area contributed by atoms with Gasteiger partial charge in [0, 0.05) is 16.3 Å². The molecule has 3 aromatic rings. The number of aryl methyl sites for hydroxylation is 1. The number of thioether (sulfide) groups is 1. The third kappa shape index (κ3) is 6.00. The van der Waals surface area contributed by atoms with Gasteiger partial charge in [-0.05, 0) is 48.4 Å². The molecule has 0 radical (unpaired) electrons. The number of fused-ring (bicyclic) bond motifs is 1. The van der Waals surface area contributed by atoms with Crippen molar-refractivity contribution < 1.29 is 4.79 Å². The van der Waals surface area contributed by atoms with E-state index in [1.54, 1.807) is 18.0 Å². The van der Waals surface area contributed by atoms with Gasteiger partial charge >= 0.3 is 0 Å². The summed E-state index contributed by atoms with van der Waals surface area (Å²) in [6, 6.07) is 15.1. The molecule has 0 aliphatic carbocycles. The number of hydrogen-bond donors (Lipinski definition) is 2. The Morgan fingerprint density at radius 3 is 2.69 bits per heavy atom. The molecule has 0 atom stereocenters. The Labute approximate surface area is 197 Å². The first-order valence-electron chi connectivity index (χ1n) is 10.5. The molecule has 0 fully saturated rings. The summed E-state index contributed by atoms with van der Waals surface area (Å²) >= 11 is 7.92. The quantitative estimate of drug-likeness (QED) is 0.368. The SMILES string of the molecule is CC.N#CNC(=O)Cc1ccc(Nc2nc(-c3cccc(Cl)c3)nc3c2SCCC3)cc1. The minimum atomic E-state index is -0.328. The molecule has 8 heteroatoms. The van der Waals surface area contributed by atoms with Crippen LogP contribution in [0.15, 0.2) is 53.4 Å². The fourth-order valence-electron chi connectivity index (χ4n) is 3.21. The number of hydrogen-bond acceptors (Lipinski definition) is 6. The lowest BCUT2D eigenvalue weighted by Crippen LogP contribution is -2.19. The molecule has 2 N–H and O–H groups in total. The van der Waals surface area contributed by atoms with E-state index in [1.165, 1.54) is 0 Å². The Morgan fingerprint density at radius 1 is 1.19 bits per heavy atom. The van der Waals surface area contributed by atoms with Crippen LogP contribution in [-0.2, 0) is 17.6 Å². The van der Waals surface area contributed by atoms with Crippen molar-refractivity contribution in [3.05, 3.63) is 64.8 Å². The predicted octanol–water partition coefficient (Wildman–Crippen LogP) is 5.74. The molecule has 1 aliphatic heterocycles. The number of nitriles is 1. The van der Waals surface area contributed by atoms with Gasteiger partial charge in [-0.2, -0.15) is 5.26 Å². The highest BCUT2D eigenvalue weighted by atomic mass is 35.5. The number of anilines is 2. The number of aromatic nitrogens is 2. The van der Waals surface area contributed by atoms with Crippen molar-refractivity contribution in [2.45, 2.75) is 38.0 Å². The van der Waals surface area contributed by atoms with Crippen LogP contribution in [0.3, 0.4) is 0 Å². The van der Waals surface area contributed by atoms with E-state index in [1.807, 2.05) is 62.4 Å². The molecule has 6 nitrogen and oxygen atoms in total. The summed E-state index contributed by atoms with van der Waals surface area (Å²) in [5.74, 6) is 2.13. The van der Waals surface area contributed by atoms with Gasteiger partial charge in [0.2, 0.25) is 5.91 Å². The molecule has 32 heavy (non-hydrogen) atoms. The van der Waals surface area contributed by atoms with E-state index in [0.29, 0.717) is 10.8 Å². The van der Waals surface area contributed by atoms with Gasteiger partial charge in [-0.3, -0.25) is 10.1 Å². The lowest BCUT2D eigenvalue weighted by molar-refractivity contribution is -0.119. The van der Waals surface area contributed by atoms with E-state index < -0.39 is 0 Å². The Bertz CT molecular complexity index is 1130. The summed E-state index contributed by atoms with van der Waals surface area (Å²) in [6.07, 6.45) is 3.81. The highest BCUT2D eigenvalue weighted by Gasteiger charge is 2.19. The van der Waals surface area contributed by atoms with Crippen molar-refractivity contribution in [3.63, 3.8) is 0 Å². The molecule has 0 spiro atoms. The number of nitrogens with zero attached hydrogens (tertiary/aromatic N) is 3. The van der Waals surface area contributed by atoms with Gasteiger partial charge in [-0.15, -0.1) is 11.8 Å². The van der Waals surface area contributed by atoms with Crippen molar-refractivity contribution in [2.24, 2.45) is 0 Å². The van der Waals surface area contributed by atoms with Crippen molar-refractivity contribution in [3.8, 4) is 17.6 Å². The average molecular weight is 466 g/mol. The van der Waals surface area contributed by atoms with Gasteiger partial charge < -0.3 is 5.32 Å². The van der Waals surface area contributed by atoms with Gasteiger partial charge in [-0.25, -0.2) is 9.97 Å². The summed E-state index contributed by atoms with van der Waals surface area (Å²) in [4.78, 5) is 22.2. The topological polar surface area (TPSA) is 90.7 Å². The summed E-state index contributed by atoms with van der Waals surface area (Å²) in [6.45, 7) is 4.00. The molecule has 1 amide bonds. The Balaban J connectivity index is 0.00000141. The van der Waals surface area contributed by atoms with Crippen LogP contribution in [0.5, 0.6) is 0 Å². The van der Waals surface area contributed by atoms with Crippen molar-refractivity contribution in [1.29, 1.82) is 5.26 Å². The molecule has 4 rings (SSSR count). The second-order valence-corrected chi connectivity index (χ2v) is 8.33. The predicted molar refractivity (Wildman–Crippen MR) is 130 cm³/mol. The standard InChI is InChI=1S/C22H18ClN5OS.C2H6/c23-16-4-1-3-15(12-16)21-27-18-5-2-10-30-20(18)22(28-21)26-17-8-6-14(7-9-17)11-19(29)25-13-24;1-2/h1,3-4,6-9,12H,2,5,10-11H2,(H,25,29)(H,26,27,28);1-2H3. The Kier molecular flexibility index (Phi) is 8.48. The molecule has 1 aromatic heterocycles. The fraction of sp³-hybridized carbons (Fsp3) is 0.250. The number of rotatable bonds is 5. The smallest absolute Gasteiger partial charge is 0.237 e. The molecule has 2 heterocycles. The van der Waals surface area contributed by atoms with E-state index in [9.17, 15) is 4.79 Å². The maximum absolute atomic E-state index is 11.6.